The number of imide groups is 1. The third-order valence-corrected chi connectivity index (χ3v) is 6.29. The van der Waals surface area contributed by atoms with Crippen LogP contribution >= 0.6 is 11.8 Å². The van der Waals surface area contributed by atoms with Crippen molar-refractivity contribution < 1.29 is 33.0 Å². The van der Waals surface area contributed by atoms with Crippen molar-refractivity contribution in [3.05, 3.63) is 88.6 Å². The second-order valence-corrected chi connectivity index (χ2v) is 8.80. The number of para-hydroxylation sites is 2. The van der Waals surface area contributed by atoms with Crippen molar-refractivity contribution in [2.75, 3.05) is 26.1 Å². The number of rotatable bonds is 9. The van der Waals surface area contributed by atoms with Crippen LogP contribution in [0.15, 0.2) is 71.6 Å². The number of carbonyl (C=O) groups is 3. The lowest BCUT2D eigenvalue weighted by molar-refractivity contribution is -0.123. The molecule has 1 saturated heterocycles. The predicted molar refractivity (Wildman–Crippen MR) is 138 cm³/mol. The first-order chi connectivity index (χ1) is 17.9. The second-order valence-electron chi connectivity index (χ2n) is 7.81. The average Bonchev–Trinajstić information content (AvgIpc) is 3.16. The van der Waals surface area contributed by atoms with E-state index in [0.717, 1.165) is 16.7 Å². The second kappa shape index (κ2) is 11.6. The molecule has 1 aliphatic rings. The molecule has 0 unspecified atom stereocenters. The van der Waals surface area contributed by atoms with Crippen LogP contribution in [-0.4, -0.2) is 42.8 Å². The Hall–Kier alpha value is -4.31. The molecule has 1 heterocycles. The molecule has 0 saturated carbocycles. The van der Waals surface area contributed by atoms with Gasteiger partial charge in [-0.2, -0.15) is 0 Å². The van der Waals surface area contributed by atoms with Crippen molar-refractivity contribution in [1.29, 1.82) is 0 Å². The van der Waals surface area contributed by atoms with E-state index < -0.39 is 17.0 Å². The van der Waals surface area contributed by atoms with Crippen LogP contribution in [0.3, 0.4) is 0 Å². The van der Waals surface area contributed by atoms with Gasteiger partial charge in [-0.15, -0.1) is 0 Å². The summed E-state index contributed by atoms with van der Waals surface area (Å²) in [6, 6.07) is 17.9. The lowest BCUT2D eigenvalue weighted by atomic mass is 10.1. The Balaban J connectivity index is 1.43. The molecule has 3 amide bonds. The number of nitrogens with one attached hydrogen (secondary N) is 1. The Bertz CT molecular complexity index is 1380. The van der Waals surface area contributed by atoms with E-state index in [1.165, 1.54) is 26.4 Å². The van der Waals surface area contributed by atoms with Gasteiger partial charge in [0.1, 0.15) is 11.6 Å². The topological polar surface area (TPSA) is 94.2 Å². The van der Waals surface area contributed by atoms with Crippen LogP contribution in [0.5, 0.6) is 17.2 Å². The van der Waals surface area contributed by atoms with E-state index in [0.29, 0.717) is 28.5 Å². The van der Waals surface area contributed by atoms with Crippen molar-refractivity contribution in [2.24, 2.45) is 0 Å². The fourth-order valence-electron chi connectivity index (χ4n) is 3.56. The fraction of sp³-hybridized carbons (Fsp3) is 0.148. The third kappa shape index (κ3) is 6.10. The van der Waals surface area contributed by atoms with E-state index in [-0.39, 0.29) is 29.5 Å². The first-order valence-corrected chi connectivity index (χ1v) is 11.9. The summed E-state index contributed by atoms with van der Waals surface area (Å²) in [5.41, 5.74) is 1.35. The zero-order valence-corrected chi connectivity index (χ0v) is 20.8. The number of carbonyl (C=O) groups excluding carboxylic acids is 3. The van der Waals surface area contributed by atoms with Crippen LogP contribution in [0, 0.1) is 5.82 Å². The molecular weight excluding hydrogens is 499 g/mol. The maximum absolute atomic E-state index is 14.0. The molecule has 3 aromatic rings. The van der Waals surface area contributed by atoms with Gasteiger partial charge in [0, 0.05) is 5.56 Å². The quantitative estimate of drug-likeness (QED) is 0.391. The number of nitrogens with zero attached hydrogens (tertiary/aromatic N) is 1. The van der Waals surface area contributed by atoms with E-state index in [4.69, 9.17) is 14.2 Å². The zero-order chi connectivity index (χ0) is 26.4. The highest BCUT2D eigenvalue weighted by Crippen LogP contribution is 2.35. The minimum atomic E-state index is -0.509. The molecule has 0 radical (unpaired) electrons. The summed E-state index contributed by atoms with van der Waals surface area (Å²) in [5.74, 6) is -0.199. The first kappa shape index (κ1) is 25.8. The lowest BCUT2D eigenvalue weighted by Gasteiger charge is -2.13. The monoisotopic (exact) mass is 522 g/mol. The average molecular weight is 523 g/mol. The van der Waals surface area contributed by atoms with Crippen molar-refractivity contribution in [2.45, 2.75) is 6.54 Å². The number of benzene rings is 3. The van der Waals surface area contributed by atoms with Crippen LogP contribution in [0.4, 0.5) is 14.9 Å². The summed E-state index contributed by atoms with van der Waals surface area (Å²) in [6.07, 6.45) is 1.55. The van der Waals surface area contributed by atoms with Gasteiger partial charge in [0.15, 0.2) is 18.1 Å². The van der Waals surface area contributed by atoms with Gasteiger partial charge in [-0.05, 0) is 53.7 Å². The van der Waals surface area contributed by atoms with E-state index in [2.05, 4.69) is 5.32 Å². The van der Waals surface area contributed by atoms with Gasteiger partial charge in [-0.3, -0.25) is 19.3 Å². The van der Waals surface area contributed by atoms with E-state index in [1.54, 1.807) is 60.7 Å². The number of hydrogen-bond acceptors (Lipinski definition) is 7. The Kier molecular flexibility index (Phi) is 8.09. The van der Waals surface area contributed by atoms with E-state index in [1.807, 2.05) is 0 Å². The molecule has 190 valence electrons. The zero-order valence-electron chi connectivity index (χ0n) is 20.0. The Labute approximate surface area is 217 Å². The molecule has 1 fully saturated rings. The number of hydrogen-bond donors (Lipinski definition) is 1. The number of halogens is 1. The highest BCUT2D eigenvalue weighted by Gasteiger charge is 2.35. The Morgan fingerprint density at radius 1 is 0.973 bits per heavy atom. The molecular formula is C27H23FN2O6S. The summed E-state index contributed by atoms with van der Waals surface area (Å²) in [7, 11) is 2.96. The summed E-state index contributed by atoms with van der Waals surface area (Å²) >= 11 is 0.778. The molecule has 4 rings (SSSR count). The number of thioether (sulfide) groups is 1. The standard InChI is InChI=1S/C27H23FN2O6S/c1-34-21-10-6-5-9-20(21)29-25(31)16-36-22-12-11-17(13-23(22)35-2)14-24-26(32)30(27(33)37-24)15-18-7-3-4-8-19(18)28/h3-14H,15-16H2,1-2H3,(H,29,31)/b24-14-. The van der Waals surface area contributed by atoms with Gasteiger partial charge in [0.2, 0.25) is 0 Å². The fourth-order valence-corrected chi connectivity index (χ4v) is 4.39. The van der Waals surface area contributed by atoms with Crippen LogP contribution in [0.2, 0.25) is 0 Å². The van der Waals surface area contributed by atoms with Gasteiger partial charge in [0.25, 0.3) is 17.1 Å². The molecule has 0 aromatic heterocycles. The van der Waals surface area contributed by atoms with Gasteiger partial charge in [0.05, 0.1) is 31.4 Å². The lowest BCUT2D eigenvalue weighted by Crippen LogP contribution is -2.27. The maximum atomic E-state index is 14.0. The molecule has 0 spiro atoms. The third-order valence-electron chi connectivity index (χ3n) is 5.39. The van der Waals surface area contributed by atoms with Crippen molar-refractivity contribution in [3.8, 4) is 17.2 Å². The molecule has 0 bridgehead atoms. The Morgan fingerprint density at radius 3 is 2.46 bits per heavy atom. The largest absolute Gasteiger partial charge is 0.495 e. The van der Waals surface area contributed by atoms with Crippen LogP contribution in [0.1, 0.15) is 11.1 Å². The van der Waals surface area contributed by atoms with Gasteiger partial charge < -0.3 is 19.5 Å². The molecule has 1 aliphatic heterocycles. The van der Waals surface area contributed by atoms with Gasteiger partial charge >= 0.3 is 0 Å². The van der Waals surface area contributed by atoms with Gasteiger partial charge in [-0.1, -0.05) is 36.4 Å². The van der Waals surface area contributed by atoms with Crippen molar-refractivity contribution in [1.82, 2.24) is 4.90 Å². The summed E-state index contributed by atoms with van der Waals surface area (Å²) in [4.78, 5) is 38.8. The van der Waals surface area contributed by atoms with Crippen molar-refractivity contribution >= 4 is 40.6 Å². The molecule has 1 N–H and O–H groups in total. The van der Waals surface area contributed by atoms with Crippen LogP contribution < -0.4 is 19.5 Å². The van der Waals surface area contributed by atoms with E-state index >= 15 is 0 Å². The normalized spacial score (nSPS) is 14.1. The number of methoxy groups -OCH3 is 2. The molecule has 0 atom stereocenters. The summed E-state index contributed by atoms with van der Waals surface area (Å²) < 4.78 is 30.2. The highest BCUT2D eigenvalue weighted by atomic mass is 32.2. The predicted octanol–water partition coefficient (Wildman–Crippen LogP) is 5.10. The van der Waals surface area contributed by atoms with Crippen LogP contribution in [-0.2, 0) is 16.1 Å². The SMILES string of the molecule is COc1ccccc1NC(=O)COc1ccc(/C=C2\SC(=O)N(Cc3ccccc3F)C2=O)cc1OC. The maximum Gasteiger partial charge on any atom is 0.293 e. The van der Waals surface area contributed by atoms with Crippen molar-refractivity contribution in [3.63, 3.8) is 0 Å². The van der Waals surface area contributed by atoms with Crippen LogP contribution in [0.25, 0.3) is 6.08 Å². The Morgan fingerprint density at radius 2 is 1.70 bits per heavy atom. The molecule has 8 nitrogen and oxygen atoms in total. The van der Waals surface area contributed by atoms with Gasteiger partial charge in [-0.25, -0.2) is 4.39 Å². The molecule has 3 aromatic carbocycles. The summed E-state index contributed by atoms with van der Waals surface area (Å²) in [5, 5.41) is 2.24. The number of ether oxygens (including phenoxy) is 3. The highest BCUT2D eigenvalue weighted by molar-refractivity contribution is 8.18. The number of anilines is 1. The minimum absolute atomic E-state index is 0.151. The first-order valence-electron chi connectivity index (χ1n) is 11.1. The molecule has 37 heavy (non-hydrogen) atoms. The molecule has 0 aliphatic carbocycles. The smallest absolute Gasteiger partial charge is 0.293 e. The minimum Gasteiger partial charge on any atom is -0.495 e. The number of amides is 3. The molecule has 10 heteroatoms. The summed E-state index contributed by atoms with van der Waals surface area (Å²) in [6.45, 7) is -0.426. The van der Waals surface area contributed by atoms with E-state index in [9.17, 15) is 18.8 Å².